The summed E-state index contributed by atoms with van der Waals surface area (Å²) in [6, 6.07) is 19.0. The van der Waals surface area contributed by atoms with E-state index in [1.807, 2.05) is 6.07 Å². The minimum Gasteiger partial charge on any atom is -0.475 e. The van der Waals surface area contributed by atoms with E-state index >= 15 is 0 Å². The van der Waals surface area contributed by atoms with Crippen LogP contribution in [0.3, 0.4) is 0 Å². The molecule has 0 saturated carbocycles. The summed E-state index contributed by atoms with van der Waals surface area (Å²) in [5.74, 6) is 0.940. The van der Waals surface area contributed by atoms with Gasteiger partial charge in [0.1, 0.15) is 10.8 Å². The van der Waals surface area contributed by atoms with Crippen molar-refractivity contribution < 1.29 is 4.74 Å². The Morgan fingerprint density at radius 2 is 1.50 bits per heavy atom. The van der Waals surface area contributed by atoms with E-state index in [1.54, 1.807) is 11.3 Å². The first-order valence-electron chi connectivity index (χ1n) is 12.3. The molecule has 0 saturated heterocycles. The van der Waals surface area contributed by atoms with Crippen molar-refractivity contribution in [3.8, 4) is 27.6 Å². The standard InChI is InChI=1S/C28H38N2OS/c1-5-9-20-30(21-10-6-2)26(8-4)31-24-18-16-22(17-19-24)27-25(7-3)32-28(29-27)23-14-12-11-13-15-23/h11-19,26H,5-10,20-21H2,1-4H3. The van der Waals surface area contributed by atoms with Crippen LogP contribution in [-0.4, -0.2) is 29.2 Å². The third kappa shape index (κ3) is 6.43. The minimum atomic E-state index is 0.133. The molecule has 3 rings (SSSR count). The van der Waals surface area contributed by atoms with Crippen molar-refractivity contribution in [1.82, 2.24) is 9.88 Å². The molecular formula is C28H38N2OS. The van der Waals surface area contributed by atoms with Crippen molar-refractivity contribution in [2.45, 2.75) is 72.4 Å². The van der Waals surface area contributed by atoms with Gasteiger partial charge in [-0.15, -0.1) is 11.3 Å². The number of hydrogen-bond acceptors (Lipinski definition) is 4. The Bertz CT molecular complexity index is 912. The molecule has 2 aromatic carbocycles. The molecule has 0 bridgehead atoms. The number of aromatic nitrogens is 1. The molecule has 1 unspecified atom stereocenters. The number of ether oxygens (including phenoxy) is 1. The highest BCUT2D eigenvalue weighted by Gasteiger charge is 2.18. The molecule has 4 heteroatoms. The van der Waals surface area contributed by atoms with Crippen LogP contribution in [0.1, 0.15) is 64.7 Å². The Balaban J connectivity index is 1.76. The Morgan fingerprint density at radius 3 is 2.06 bits per heavy atom. The fraction of sp³-hybridized carbons (Fsp3) is 0.464. The molecule has 3 aromatic rings. The fourth-order valence-electron chi connectivity index (χ4n) is 3.91. The van der Waals surface area contributed by atoms with E-state index in [4.69, 9.17) is 9.72 Å². The second-order valence-electron chi connectivity index (χ2n) is 8.26. The predicted molar refractivity (Wildman–Crippen MR) is 138 cm³/mol. The lowest BCUT2D eigenvalue weighted by atomic mass is 10.1. The van der Waals surface area contributed by atoms with Crippen LogP contribution in [0.15, 0.2) is 54.6 Å². The summed E-state index contributed by atoms with van der Waals surface area (Å²) in [4.78, 5) is 8.84. The predicted octanol–water partition coefficient (Wildman–Crippen LogP) is 8.06. The van der Waals surface area contributed by atoms with Gasteiger partial charge in [-0.05, 0) is 49.9 Å². The molecule has 1 atom stereocenters. The number of thiazole rings is 1. The molecule has 0 aliphatic rings. The lowest BCUT2D eigenvalue weighted by molar-refractivity contribution is 0.0202. The highest BCUT2D eigenvalue weighted by atomic mass is 32.1. The highest BCUT2D eigenvalue weighted by Crippen LogP contribution is 2.35. The van der Waals surface area contributed by atoms with Crippen molar-refractivity contribution in [1.29, 1.82) is 0 Å². The van der Waals surface area contributed by atoms with E-state index in [0.29, 0.717) is 0 Å². The molecule has 3 nitrogen and oxygen atoms in total. The number of benzene rings is 2. The maximum Gasteiger partial charge on any atom is 0.152 e. The maximum absolute atomic E-state index is 6.45. The van der Waals surface area contributed by atoms with Gasteiger partial charge in [-0.1, -0.05) is 70.9 Å². The summed E-state index contributed by atoms with van der Waals surface area (Å²) in [5, 5.41) is 1.09. The van der Waals surface area contributed by atoms with Crippen LogP contribution in [0, 0.1) is 0 Å². The normalized spacial score (nSPS) is 12.3. The van der Waals surface area contributed by atoms with Crippen LogP contribution < -0.4 is 4.74 Å². The second-order valence-corrected chi connectivity index (χ2v) is 9.34. The average molecular weight is 451 g/mol. The van der Waals surface area contributed by atoms with Gasteiger partial charge < -0.3 is 4.74 Å². The van der Waals surface area contributed by atoms with E-state index < -0.39 is 0 Å². The molecule has 0 spiro atoms. The molecular weight excluding hydrogens is 412 g/mol. The van der Waals surface area contributed by atoms with Crippen molar-refractivity contribution >= 4 is 11.3 Å². The number of nitrogens with zero attached hydrogens (tertiary/aromatic N) is 2. The first-order chi connectivity index (χ1) is 15.7. The molecule has 1 heterocycles. The molecule has 172 valence electrons. The van der Waals surface area contributed by atoms with Crippen molar-refractivity contribution in [2.24, 2.45) is 0 Å². The minimum absolute atomic E-state index is 0.133. The molecule has 1 aromatic heterocycles. The van der Waals surface area contributed by atoms with Crippen LogP contribution in [0.5, 0.6) is 5.75 Å². The summed E-state index contributed by atoms with van der Waals surface area (Å²) < 4.78 is 6.45. The van der Waals surface area contributed by atoms with Gasteiger partial charge in [0, 0.05) is 29.1 Å². The Labute approximate surface area is 198 Å². The maximum atomic E-state index is 6.45. The summed E-state index contributed by atoms with van der Waals surface area (Å²) in [6.45, 7) is 11.1. The fourth-order valence-corrected chi connectivity index (χ4v) is 4.94. The topological polar surface area (TPSA) is 25.4 Å². The van der Waals surface area contributed by atoms with Gasteiger partial charge in [0.15, 0.2) is 6.23 Å². The summed E-state index contributed by atoms with van der Waals surface area (Å²) in [5.41, 5.74) is 3.44. The first kappa shape index (κ1) is 24.5. The van der Waals surface area contributed by atoms with Crippen molar-refractivity contribution in [3.05, 3.63) is 59.5 Å². The summed E-state index contributed by atoms with van der Waals surface area (Å²) >= 11 is 1.80. The van der Waals surface area contributed by atoms with Crippen LogP contribution in [0.25, 0.3) is 21.8 Å². The molecule has 0 fully saturated rings. The van der Waals surface area contributed by atoms with Crippen LogP contribution in [-0.2, 0) is 6.42 Å². The highest BCUT2D eigenvalue weighted by molar-refractivity contribution is 7.15. The smallest absolute Gasteiger partial charge is 0.152 e. The van der Waals surface area contributed by atoms with E-state index in [-0.39, 0.29) is 6.23 Å². The van der Waals surface area contributed by atoms with Crippen LogP contribution in [0.2, 0.25) is 0 Å². The van der Waals surface area contributed by atoms with Gasteiger partial charge in [-0.3, -0.25) is 4.90 Å². The Kier molecular flexibility index (Phi) is 9.76. The largest absolute Gasteiger partial charge is 0.475 e. The van der Waals surface area contributed by atoms with Crippen LogP contribution >= 0.6 is 11.3 Å². The van der Waals surface area contributed by atoms with Crippen molar-refractivity contribution in [2.75, 3.05) is 13.1 Å². The third-order valence-electron chi connectivity index (χ3n) is 5.79. The number of aryl methyl sites for hydroxylation is 1. The quantitative estimate of drug-likeness (QED) is 0.246. The van der Waals surface area contributed by atoms with E-state index in [0.717, 1.165) is 47.9 Å². The molecule has 0 aliphatic heterocycles. The van der Waals surface area contributed by atoms with E-state index in [1.165, 1.54) is 36.1 Å². The van der Waals surface area contributed by atoms with E-state index in [2.05, 4.69) is 81.1 Å². The zero-order chi connectivity index (χ0) is 22.8. The SMILES string of the molecule is CCCCN(CCCC)C(CC)Oc1ccc(-c2nc(-c3ccccc3)sc2CC)cc1. The van der Waals surface area contributed by atoms with Gasteiger partial charge in [0.25, 0.3) is 0 Å². The molecule has 32 heavy (non-hydrogen) atoms. The van der Waals surface area contributed by atoms with Gasteiger partial charge in [-0.25, -0.2) is 4.98 Å². The second kappa shape index (κ2) is 12.8. The number of hydrogen-bond donors (Lipinski definition) is 0. The zero-order valence-corrected chi connectivity index (χ0v) is 21.0. The lowest BCUT2D eigenvalue weighted by Gasteiger charge is -2.31. The molecule has 0 amide bonds. The summed E-state index contributed by atoms with van der Waals surface area (Å²) in [6.07, 6.45) is 6.97. The molecule has 0 N–H and O–H groups in total. The lowest BCUT2D eigenvalue weighted by Crippen LogP contribution is -2.40. The number of rotatable bonds is 13. The monoisotopic (exact) mass is 450 g/mol. The van der Waals surface area contributed by atoms with Gasteiger partial charge in [-0.2, -0.15) is 0 Å². The van der Waals surface area contributed by atoms with Crippen molar-refractivity contribution in [3.63, 3.8) is 0 Å². The van der Waals surface area contributed by atoms with Gasteiger partial charge >= 0.3 is 0 Å². The Morgan fingerprint density at radius 1 is 0.844 bits per heavy atom. The average Bonchev–Trinajstić information content (AvgIpc) is 3.28. The molecule has 0 aliphatic carbocycles. The Hall–Kier alpha value is -2.17. The molecule has 0 radical (unpaired) electrons. The zero-order valence-electron chi connectivity index (χ0n) is 20.1. The van der Waals surface area contributed by atoms with E-state index in [9.17, 15) is 0 Å². The summed E-state index contributed by atoms with van der Waals surface area (Å²) in [7, 11) is 0. The number of unbranched alkanes of at least 4 members (excludes halogenated alkanes) is 2. The first-order valence-corrected chi connectivity index (χ1v) is 13.1. The van der Waals surface area contributed by atoms with Gasteiger partial charge in [0.2, 0.25) is 0 Å². The van der Waals surface area contributed by atoms with Gasteiger partial charge in [0.05, 0.1) is 5.69 Å². The van der Waals surface area contributed by atoms with Crippen LogP contribution in [0.4, 0.5) is 0 Å². The third-order valence-corrected chi connectivity index (χ3v) is 7.04.